The van der Waals surface area contributed by atoms with Crippen LogP contribution in [0.5, 0.6) is 0 Å². The van der Waals surface area contributed by atoms with Gasteiger partial charge in [0.15, 0.2) is 5.11 Å². The predicted molar refractivity (Wildman–Crippen MR) is 93.2 cm³/mol. The maximum atomic E-state index is 12.6. The number of nitrogens with one attached hydrogen (secondary N) is 2. The SMILES string of the molecule is CC1CCCCN1C(=O)c1ccc(NC(=S)NC2CC2)cc1. The van der Waals surface area contributed by atoms with Gasteiger partial charge in [-0.25, -0.2) is 0 Å². The second-order valence-corrected chi connectivity index (χ2v) is 6.70. The molecule has 1 aromatic rings. The Balaban J connectivity index is 1.60. The molecule has 3 rings (SSSR count). The van der Waals surface area contributed by atoms with Crippen molar-refractivity contribution in [1.29, 1.82) is 0 Å². The van der Waals surface area contributed by atoms with Crippen LogP contribution in [0.15, 0.2) is 24.3 Å². The summed E-state index contributed by atoms with van der Waals surface area (Å²) >= 11 is 5.26. The van der Waals surface area contributed by atoms with Gasteiger partial charge in [-0.05, 0) is 75.5 Å². The van der Waals surface area contributed by atoms with E-state index in [1.807, 2.05) is 29.2 Å². The molecule has 1 atom stereocenters. The zero-order valence-electron chi connectivity index (χ0n) is 13.0. The number of benzene rings is 1. The monoisotopic (exact) mass is 317 g/mol. The highest BCUT2D eigenvalue weighted by Gasteiger charge is 2.24. The fourth-order valence-corrected chi connectivity index (χ4v) is 3.13. The van der Waals surface area contributed by atoms with E-state index in [9.17, 15) is 4.79 Å². The fraction of sp³-hybridized carbons (Fsp3) is 0.529. The zero-order valence-corrected chi connectivity index (χ0v) is 13.8. The minimum Gasteiger partial charge on any atom is -0.360 e. The number of carbonyl (C=O) groups excluding carboxylic acids is 1. The number of likely N-dealkylation sites (tertiary alicyclic amines) is 1. The third-order valence-electron chi connectivity index (χ3n) is 4.37. The molecule has 0 aromatic heterocycles. The van der Waals surface area contributed by atoms with Crippen molar-refractivity contribution in [3.63, 3.8) is 0 Å². The van der Waals surface area contributed by atoms with Crippen LogP contribution in [0.2, 0.25) is 0 Å². The molecule has 1 saturated carbocycles. The molecule has 0 bridgehead atoms. The first-order chi connectivity index (χ1) is 10.6. The molecule has 1 heterocycles. The van der Waals surface area contributed by atoms with Crippen molar-refractivity contribution >= 4 is 28.9 Å². The molecule has 1 unspecified atom stereocenters. The van der Waals surface area contributed by atoms with E-state index in [2.05, 4.69) is 17.6 Å². The summed E-state index contributed by atoms with van der Waals surface area (Å²) in [5.74, 6) is 0.137. The molecule has 1 amide bonds. The molecule has 4 nitrogen and oxygen atoms in total. The van der Waals surface area contributed by atoms with E-state index >= 15 is 0 Å². The fourth-order valence-electron chi connectivity index (χ4n) is 2.84. The van der Waals surface area contributed by atoms with E-state index < -0.39 is 0 Å². The van der Waals surface area contributed by atoms with Crippen molar-refractivity contribution < 1.29 is 4.79 Å². The lowest BCUT2D eigenvalue weighted by Crippen LogP contribution is -2.42. The second kappa shape index (κ2) is 6.65. The van der Waals surface area contributed by atoms with E-state index in [0.29, 0.717) is 17.2 Å². The Hall–Kier alpha value is -1.62. The molecule has 1 aromatic carbocycles. The van der Waals surface area contributed by atoms with Crippen molar-refractivity contribution in [2.45, 2.75) is 51.1 Å². The van der Waals surface area contributed by atoms with Gasteiger partial charge in [0.2, 0.25) is 0 Å². The molecule has 22 heavy (non-hydrogen) atoms. The average molecular weight is 317 g/mol. The molecular weight excluding hydrogens is 294 g/mol. The van der Waals surface area contributed by atoms with Crippen LogP contribution in [0.4, 0.5) is 5.69 Å². The van der Waals surface area contributed by atoms with Gasteiger partial charge in [0, 0.05) is 29.9 Å². The summed E-state index contributed by atoms with van der Waals surface area (Å²) in [7, 11) is 0. The normalized spacial score (nSPS) is 21.3. The number of piperidine rings is 1. The quantitative estimate of drug-likeness (QED) is 0.841. The van der Waals surface area contributed by atoms with Crippen LogP contribution in [0.25, 0.3) is 0 Å². The number of anilines is 1. The summed E-state index contributed by atoms with van der Waals surface area (Å²) in [6.45, 7) is 3.00. The molecule has 2 aliphatic rings. The van der Waals surface area contributed by atoms with Gasteiger partial charge in [-0.1, -0.05) is 0 Å². The lowest BCUT2D eigenvalue weighted by molar-refractivity contribution is 0.0635. The van der Waals surface area contributed by atoms with Crippen LogP contribution in [0.3, 0.4) is 0 Å². The lowest BCUT2D eigenvalue weighted by atomic mass is 10.0. The number of nitrogens with zero attached hydrogens (tertiary/aromatic N) is 1. The number of rotatable bonds is 3. The van der Waals surface area contributed by atoms with Gasteiger partial charge in [-0.3, -0.25) is 4.79 Å². The smallest absolute Gasteiger partial charge is 0.254 e. The molecule has 5 heteroatoms. The molecule has 1 aliphatic carbocycles. The molecule has 1 saturated heterocycles. The number of hydrogen-bond donors (Lipinski definition) is 2. The third-order valence-corrected chi connectivity index (χ3v) is 4.59. The molecule has 0 radical (unpaired) electrons. The molecule has 118 valence electrons. The van der Waals surface area contributed by atoms with Gasteiger partial charge >= 0.3 is 0 Å². The highest BCUT2D eigenvalue weighted by Crippen LogP contribution is 2.21. The maximum Gasteiger partial charge on any atom is 0.254 e. The maximum absolute atomic E-state index is 12.6. The molecule has 0 spiro atoms. The van der Waals surface area contributed by atoms with Gasteiger partial charge in [-0.15, -0.1) is 0 Å². The van der Waals surface area contributed by atoms with Gasteiger partial charge < -0.3 is 15.5 Å². The van der Waals surface area contributed by atoms with Crippen LogP contribution in [-0.2, 0) is 0 Å². The molecule has 2 N–H and O–H groups in total. The highest BCUT2D eigenvalue weighted by atomic mass is 32.1. The largest absolute Gasteiger partial charge is 0.360 e. The summed E-state index contributed by atoms with van der Waals surface area (Å²) in [5.41, 5.74) is 1.67. The Morgan fingerprint density at radius 2 is 1.91 bits per heavy atom. The van der Waals surface area contributed by atoms with E-state index in [-0.39, 0.29) is 5.91 Å². The van der Waals surface area contributed by atoms with Crippen molar-refractivity contribution in [2.24, 2.45) is 0 Å². The van der Waals surface area contributed by atoms with Crippen LogP contribution in [0, 0.1) is 0 Å². The van der Waals surface area contributed by atoms with Crippen molar-refractivity contribution in [3.05, 3.63) is 29.8 Å². The first-order valence-corrected chi connectivity index (χ1v) is 8.53. The average Bonchev–Trinajstić information content (AvgIpc) is 3.31. The van der Waals surface area contributed by atoms with Gasteiger partial charge in [0.05, 0.1) is 0 Å². The Bertz CT molecular complexity index is 554. The Labute approximate surface area is 137 Å². The van der Waals surface area contributed by atoms with Crippen LogP contribution >= 0.6 is 12.2 Å². The van der Waals surface area contributed by atoms with E-state index in [1.165, 1.54) is 19.3 Å². The van der Waals surface area contributed by atoms with Gasteiger partial charge in [0.25, 0.3) is 5.91 Å². The van der Waals surface area contributed by atoms with Gasteiger partial charge in [-0.2, -0.15) is 0 Å². The molecular formula is C17H23N3OS. The number of amides is 1. The first-order valence-electron chi connectivity index (χ1n) is 8.12. The van der Waals surface area contributed by atoms with Crippen molar-refractivity contribution in [2.75, 3.05) is 11.9 Å². The first kappa shape index (κ1) is 15.3. The lowest BCUT2D eigenvalue weighted by Gasteiger charge is -2.33. The van der Waals surface area contributed by atoms with Crippen LogP contribution in [0.1, 0.15) is 49.4 Å². The Kier molecular flexibility index (Phi) is 4.62. The topological polar surface area (TPSA) is 44.4 Å². The molecule has 2 fully saturated rings. The zero-order chi connectivity index (χ0) is 15.5. The minimum atomic E-state index is 0.137. The van der Waals surface area contributed by atoms with E-state index in [1.54, 1.807) is 0 Å². The molecule has 1 aliphatic heterocycles. The third kappa shape index (κ3) is 3.77. The van der Waals surface area contributed by atoms with Crippen molar-refractivity contribution in [1.82, 2.24) is 10.2 Å². The number of carbonyl (C=O) groups is 1. The standard InChI is InChI=1S/C17H23N3OS/c1-12-4-2-3-11-20(12)16(21)13-5-7-14(8-6-13)18-17(22)19-15-9-10-15/h5-8,12,15H,2-4,9-11H2,1H3,(H2,18,19,22). The van der Waals surface area contributed by atoms with E-state index in [4.69, 9.17) is 12.2 Å². The number of thiocarbonyl (C=S) groups is 1. The second-order valence-electron chi connectivity index (χ2n) is 6.29. The minimum absolute atomic E-state index is 0.137. The predicted octanol–water partition coefficient (Wildman–Crippen LogP) is 3.15. The van der Waals surface area contributed by atoms with E-state index in [0.717, 1.165) is 30.6 Å². The highest BCUT2D eigenvalue weighted by molar-refractivity contribution is 7.80. The summed E-state index contributed by atoms with van der Waals surface area (Å²) < 4.78 is 0. The van der Waals surface area contributed by atoms with Crippen LogP contribution in [-0.4, -0.2) is 34.5 Å². The van der Waals surface area contributed by atoms with Crippen molar-refractivity contribution in [3.8, 4) is 0 Å². The van der Waals surface area contributed by atoms with Gasteiger partial charge in [0.1, 0.15) is 0 Å². The summed E-state index contributed by atoms with van der Waals surface area (Å²) in [4.78, 5) is 14.6. The Morgan fingerprint density at radius 1 is 1.18 bits per heavy atom. The summed E-state index contributed by atoms with van der Waals surface area (Å²) in [6, 6.07) is 8.49. The summed E-state index contributed by atoms with van der Waals surface area (Å²) in [5, 5.41) is 7.06. The number of hydrogen-bond acceptors (Lipinski definition) is 2. The Morgan fingerprint density at radius 3 is 2.55 bits per heavy atom. The van der Waals surface area contributed by atoms with Crippen LogP contribution < -0.4 is 10.6 Å². The summed E-state index contributed by atoms with van der Waals surface area (Å²) in [6.07, 6.45) is 5.83.